The third-order valence-corrected chi connectivity index (χ3v) is 7.39. The van der Waals surface area contributed by atoms with E-state index in [4.69, 9.17) is 20.9 Å². The summed E-state index contributed by atoms with van der Waals surface area (Å²) in [6.45, 7) is 9.90. The largest absolute Gasteiger partial charge is 0.491 e. The summed E-state index contributed by atoms with van der Waals surface area (Å²) in [6.07, 6.45) is 3.48. The van der Waals surface area contributed by atoms with Crippen molar-refractivity contribution in [2.24, 2.45) is 10.9 Å². The minimum atomic E-state index is 0.0183. The van der Waals surface area contributed by atoms with Gasteiger partial charge in [0.15, 0.2) is 5.13 Å². The number of nitrogens with two attached hydrogens (primary N) is 1. The van der Waals surface area contributed by atoms with Crippen molar-refractivity contribution in [3.8, 4) is 16.9 Å². The van der Waals surface area contributed by atoms with E-state index in [0.29, 0.717) is 24.8 Å². The van der Waals surface area contributed by atoms with Gasteiger partial charge in [0.25, 0.3) is 0 Å². The smallest absolute Gasteiger partial charge is 0.182 e. The van der Waals surface area contributed by atoms with E-state index in [1.54, 1.807) is 0 Å². The van der Waals surface area contributed by atoms with Gasteiger partial charge in [-0.3, -0.25) is 4.99 Å². The van der Waals surface area contributed by atoms with Crippen molar-refractivity contribution in [2.75, 3.05) is 46.1 Å². The fraction of sp³-hybridized carbons (Fsp3) is 0.481. The molecule has 0 spiro atoms. The maximum atomic E-state index is 8.64. The number of hydrogen-bond acceptors (Lipinski definition) is 8. The highest BCUT2D eigenvalue weighted by Gasteiger charge is 2.27. The lowest BCUT2D eigenvalue weighted by molar-refractivity contribution is 0.284. The molecular formula is C27H37N7OS. The molecule has 1 aliphatic rings. The molecule has 1 aromatic carbocycles. The van der Waals surface area contributed by atoms with Gasteiger partial charge in [0, 0.05) is 36.1 Å². The summed E-state index contributed by atoms with van der Waals surface area (Å²) in [4.78, 5) is 19.4. The lowest BCUT2D eigenvalue weighted by Gasteiger charge is -2.30. The number of benzene rings is 1. The molecule has 1 aliphatic heterocycles. The normalized spacial score (nSPS) is 15.1. The summed E-state index contributed by atoms with van der Waals surface area (Å²) in [5.41, 5.74) is 11.8. The zero-order valence-corrected chi connectivity index (χ0v) is 22.8. The van der Waals surface area contributed by atoms with Crippen LogP contribution in [-0.2, 0) is 6.54 Å². The second kappa shape index (κ2) is 11.3. The van der Waals surface area contributed by atoms with Gasteiger partial charge >= 0.3 is 0 Å². The van der Waals surface area contributed by atoms with E-state index in [0.717, 1.165) is 75.8 Å². The Labute approximate surface area is 217 Å². The van der Waals surface area contributed by atoms with E-state index < -0.39 is 0 Å². The Balaban J connectivity index is 1.71. The van der Waals surface area contributed by atoms with Crippen LogP contribution in [-0.4, -0.2) is 71.7 Å². The van der Waals surface area contributed by atoms with Crippen LogP contribution >= 0.6 is 11.3 Å². The first-order valence-electron chi connectivity index (χ1n) is 12.6. The molecule has 0 aliphatic carbocycles. The highest BCUT2D eigenvalue weighted by Crippen LogP contribution is 2.35. The Kier molecular flexibility index (Phi) is 8.21. The van der Waals surface area contributed by atoms with Gasteiger partial charge in [-0.05, 0) is 63.2 Å². The van der Waals surface area contributed by atoms with Gasteiger partial charge in [0.1, 0.15) is 28.5 Å². The van der Waals surface area contributed by atoms with Crippen LogP contribution in [0.15, 0.2) is 29.4 Å². The molecule has 0 radical (unpaired) electrons. The molecule has 1 unspecified atom stereocenters. The highest BCUT2D eigenvalue weighted by molar-refractivity contribution is 7.21. The zero-order valence-electron chi connectivity index (χ0n) is 22.0. The first kappa shape index (κ1) is 26.0. The molecule has 0 bridgehead atoms. The van der Waals surface area contributed by atoms with E-state index in [-0.39, 0.29) is 5.92 Å². The predicted molar refractivity (Wildman–Crippen MR) is 151 cm³/mol. The monoisotopic (exact) mass is 507 g/mol. The number of aryl methyl sites for hydroxylation is 1. The fourth-order valence-electron chi connectivity index (χ4n) is 4.70. The van der Waals surface area contributed by atoms with Gasteiger partial charge in [0.2, 0.25) is 0 Å². The number of ether oxygens (including phenoxy) is 1. The summed E-state index contributed by atoms with van der Waals surface area (Å²) >= 11 is 1.40. The van der Waals surface area contributed by atoms with Crippen LogP contribution in [0.4, 0.5) is 5.13 Å². The van der Waals surface area contributed by atoms with Crippen molar-refractivity contribution >= 4 is 38.4 Å². The third-order valence-electron chi connectivity index (χ3n) is 6.58. The van der Waals surface area contributed by atoms with Crippen molar-refractivity contribution in [3.63, 3.8) is 0 Å². The molecule has 0 saturated heterocycles. The number of rotatable bonds is 8. The van der Waals surface area contributed by atoms with Crippen LogP contribution in [0.25, 0.3) is 21.5 Å². The standard InChI is InChI=1S/C27H37N7OS/c1-6-21(22(28)7-2)25(30-8-9-33(4)5)34-10-11-35-24-17(3)12-18(13-20(24)16-34)19-14-23-26(31-15-19)36-27(29)32-23/h12-15,21,28H,6-11,16H2,1-5H3,(H2,29,32). The van der Waals surface area contributed by atoms with E-state index >= 15 is 0 Å². The summed E-state index contributed by atoms with van der Waals surface area (Å²) in [7, 11) is 4.13. The van der Waals surface area contributed by atoms with Gasteiger partial charge in [0.05, 0.1) is 19.0 Å². The summed E-state index contributed by atoms with van der Waals surface area (Å²) in [5.74, 6) is 1.97. The second-order valence-corrected chi connectivity index (χ2v) is 10.5. The Morgan fingerprint density at radius 1 is 1.28 bits per heavy atom. The molecule has 3 aromatic rings. The highest BCUT2D eigenvalue weighted by atomic mass is 32.1. The van der Waals surface area contributed by atoms with Crippen LogP contribution in [0.1, 0.15) is 37.8 Å². The SMILES string of the molecule is CCC(=N)C(CC)C(=NCCN(C)C)N1CCOc2c(C)cc(-c3cnc4sc(N)nc4c3)cc2C1. The average Bonchev–Trinajstić information content (AvgIpc) is 3.08. The average molecular weight is 508 g/mol. The van der Waals surface area contributed by atoms with Gasteiger partial charge in [-0.15, -0.1) is 0 Å². The Bertz CT molecular complexity index is 1270. The molecule has 1 atom stereocenters. The molecule has 8 nitrogen and oxygen atoms in total. The van der Waals surface area contributed by atoms with Crippen molar-refractivity contribution in [3.05, 3.63) is 35.5 Å². The van der Waals surface area contributed by atoms with Gasteiger partial charge in [-0.2, -0.15) is 0 Å². The molecule has 3 heterocycles. The number of nitrogen functional groups attached to an aromatic ring is 1. The van der Waals surface area contributed by atoms with Crippen LogP contribution in [0.3, 0.4) is 0 Å². The number of fused-ring (bicyclic) bond motifs is 2. The maximum Gasteiger partial charge on any atom is 0.182 e. The molecule has 3 N–H and O–H groups in total. The summed E-state index contributed by atoms with van der Waals surface area (Å²) in [6, 6.07) is 6.40. The zero-order chi connectivity index (χ0) is 25.8. The minimum Gasteiger partial charge on any atom is -0.491 e. The van der Waals surface area contributed by atoms with E-state index in [2.05, 4.69) is 72.8 Å². The van der Waals surface area contributed by atoms with Crippen molar-refractivity contribution < 1.29 is 4.74 Å². The van der Waals surface area contributed by atoms with Crippen LogP contribution < -0.4 is 10.5 Å². The molecular weight excluding hydrogens is 470 g/mol. The fourth-order valence-corrected chi connectivity index (χ4v) is 5.36. The van der Waals surface area contributed by atoms with E-state index in [1.165, 1.54) is 11.3 Å². The van der Waals surface area contributed by atoms with Gasteiger partial charge in [-0.25, -0.2) is 9.97 Å². The van der Waals surface area contributed by atoms with Crippen LogP contribution in [0.5, 0.6) is 5.75 Å². The Morgan fingerprint density at radius 2 is 2.08 bits per heavy atom. The number of thiazole rings is 1. The minimum absolute atomic E-state index is 0.0183. The van der Waals surface area contributed by atoms with Gasteiger partial charge < -0.3 is 25.7 Å². The molecule has 2 aromatic heterocycles. The number of nitrogens with one attached hydrogen (secondary N) is 1. The second-order valence-electron chi connectivity index (χ2n) is 9.53. The van der Waals surface area contributed by atoms with Crippen molar-refractivity contribution in [1.82, 2.24) is 19.8 Å². The summed E-state index contributed by atoms with van der Waals surface area (Å²) in [5, 5.41) is 9.17. The third kappa shape index (κ3) is 5.68. The Hall–Kier alpha value is -3.04. The molecule has 9 heteroatoms. The maximum absolute atomic E-state index is 8.64. The van der Waals surface area contributed by atoms with Crippen LogP contribution in [0.2, 0.25) is 0 Å². The number of hydrogen-bond donors (Lipinski definition) is 2. The predicted octanol–water partition coefficient (Wildman–Crippen LogP) is 4.86. The molecule has 0 saturated carbocycles. The number of aliphatic imine (C=N–C) groups is 1. The van der Waals surface area contributed by atoms with Crippen molar-refractivity contribution in [1.29, 1.82) is 5.41 Å². The Morgan fingerprint density at radius 3 is 2.81 bits per heavy atom. The summed E-state index contributed by atoms with van der Waals surface area (Å²) < 4.78 is 6.27. The molecule has 0 amide bonds. The molecule has 36 heavy (non-hydrogen) atoms. The molecule has 4 rings (SSSR count). The lowest BCUT2D eigenvalue weighted by Crippen LogP contribution is -2.40. The number of aromatic nitrogens is 2. The number of nitrogens with zero attached hydrogens (tertiary/aromatic N) is 5. The van der Waals surface area contributed by atoms with E-state index in [9.17, 15) is 0 Å². The van der Waals surface area contributed by atoms with Crippen LogP contribution in [0, 0.1) is 18.3 Å². The van der Waals surface area contributed by atoms with Crippen molar-refractivity contribution in [2.45, 2.75) is 40.2 Å². The molecule has 0 fully saturated rings. The van der Waals surface area contributed by atoms with Gasteiger partial charge in [-0.1, -0.05) is 25.2 Å². The lowest BCUT2D eigenvalue weighted by atomic mass is 9.95. The molecule has 192 valence electrons. The number of anilines is 1. The number of pyridine rings is 1. The first-order valence-corrected chi connectivity index (χ1v) is 13.4. The quantitative estimate of drug-likeness (QED) is 0.333. The first-order chi connectivity index (χ1) is 17.3. The topological polar surface area (TPSA) is 104 Å². The van der Waals surface area contributed by atoms with E-state index in [1.807, 2.05) is 6.20 Å². The number of amidine groups is 1. The number of likely N-dealkylation sites (N-methyl/N-ethyl adjacent to an activating group) is 1.